The summed E-state index contributed by atoms with van der Waals surface area (Å²) < 4.78 is 23.0. The lowest BCUT2D eigenvalue weighted by molar-refractivity contribution is 0.227. The van der Waals surface area contributed by atoms with E-state index < -0.39 is 6.10 Å². The number of aryl methyl sites for hydroxylation is 1. The number of rotatable bonds is 2. The third-order valence-corrected chi connectivity index (χ3v) is 7.59. The van der Waals surface area contributed by atoms with E-state index in [0.717, 1.165) is 58.7 Å². The second-order valence-electron chi connectivity index (χ2n) is 9.97. The fraction of sp³-hybridized carbons (Fsp3) is 0.321. The fourth-order valence-corrected chi connectivity index (χ4v) is 5.74. The maximum absolute atomic E-state index is 14.4. The summed E-state index contributed by atoms with van der Waals surface area (Å²) in [6, 6.07) is 11.0. The minimum atomic E-state index is -0.454. The molecule has 4 heterocycles. The molecule has 0 saturated heterocycles. The highest BCUT2D eigenvalue weighted by Gasteiger charge is 2.36. The van der Waals surface area contributed by atoms with Crippen LogP contribution in [-0.2, 0) is 13.0 Å². The van der Waals surface area contributed by atoms with Crippen LogP contribution < -0.4 is 10.5 Å². The van der Waals surface area contributed by atoms with E-state index >= 15 is 0 Å². The van der Waals surface area contributed by atoms with Gasteiger partial charge in [0, 0.05) is 47.1 Å². The SMILES string of the molecule is C[C@H]1Oc2cc(cnc2N)-c2c3c(nn2CC2CC2)CCC3c2cccnc2-c2ccc(F)cc21. The Hall–Kier alpha value is -3.74. The number of benzene rings is 1. The molecule has 7 rings (SSSR count). The van der Waals surface area contributed by atoms with E-state index in [-0.39, 0.29) is 11.7 Å². The highest BCUT2D eigenvalue weighted by Crippen LogP contribution is 2.48. The van der Waals surface area contributed by atoms with Gasteiger partial charge in [0.05, 0.1) is 17.1 Å². The number of anilines is 1. The molecule has 1 unspecified atom stereocenters. The first kappa shape index (κ1) is 20.6. The van der Waals surface area contributed by atoms with Crippen molar-refractivity contribution in [2.45, 2.75) is 51.2 Å². The van der Waals surface area contributed by atoms with E-state index in [2.05, 4.69) is 15.7 Å². The van der Waals surface area contributed by atoms with E-state index in [0.29, 0.717) is 17.5 Å². The van der Waals surface area contributed by atoms with Gasteiger partial charge in [0.25, 0.3) is 0 Å². The lowest BCUT2D eigenvalue weighted by Crippen LogP contribution is -2.12. The number of ether oxygens (including phenoxy) is 1. The van der Waals surface area contributed by atoms with Crippen LogP contribution in [0.25, 0.3) is 22.5 Å². The molecule has 1 fully saturated rings. The minimum Gasteiger partial charge on any atom is -0.482 e. The molecule has 2 atom stereocenters. The molecule has 0 spiro atoms. The average Bonchev–Trinajstić information content (AvgIpc) is 3.47. The molecule has 176 valence electrons. The summed E-state index contributed by atoms with van der Waals surface area (Å²) in [5.74, 6) is 1.33. The number of nitrogens with zero attached hydrogens (tertiary/aromatic N) is 4. The van der Waals surface area contributed by atoms with Crippen molar-refractivity contribution in [1.29, 1.82) is 0 Å². The number of hydrogen-bond acceptors (Lipinski definition) is 5. The van der Waals surface area contributed by atoms with Crippen molar-refractivity contribution >= 4 is 5.82 Å². The first-order valence-electron chi connectivity index (χ1n) is 12.3. The second kappa shape index (κ2) is 7.63. The normalized spacial score (nSPS) is 20.2. The molecular formula is C28H26FN5O. The Balaban J connectivity index is 1.53. The van der Waals surface area contributed by atoms with E-state index in [1.165, 1.54) is 30.5 Å². The molecule has 1 aliphatic heterocycles. The average molecular weight is 468 g/mol. The van der Waals surface area contributed by atoms with E-state index in [4.69, 9.17) is 20.6 Å². The number of fused-ring (bicyclic) bond motifs is 7. The summed E-state index contributed by atoms with van der Waals surface area (Å²) >= 11 is 0. The predicted molar refractivity (Wildman–Crippen MR) is 131 cm³/mol. The minimum absolute atomic E-state index is 0.145. The molecular weight excluding hydrogens is 441 g/mol. The van der Waals surface area contributed by atoms with Gasteiger partial charge in [-0.25, -0.2) is 9.37 Å². The molecule has 2 bridgehead atoms. The first-order valence-corrected chi connectivity index (χ1v) is 12.3. The van der Waals surface area contributed by atoms with Gasteiger partial charge in [-0.3, -0.25) is 9.67 Å². The van der Waals surface area contributed by atoms with Crippen molar-refractivity contribution in [2.24, 2.45) is 5.92 Å². The maximum Gasteiger partial charge on any atom is 0.166 e. The Bertz CT molecular complexity index is 1470. The van der Waals surface area contributed by atoms with E-state index in [1.54, 1.807) is 6.20 Å². The van der Waals surface area contributed by atoms with Crippen LogP contribution in [0, 0.1) is 11.7 Å². The van der Waals surface area contributed by atoms with E-state index in [1.807, 2.05) is 31.3 Å². The molecule has 3 aliphatic rings. The van der Waals surface area contributed by atoms with Crippen LogP contribution in [0.5, 0.6) is 5.75 Å². The molecule has 6 nitrogen and oxygen atoms in total. The molecule has 2 aliphatic carbocycles. The van der Waals surface area contributed by atoms with Gasteiger partial charge in [-0.2, -0.15) is 5.10 Å². The van der Waals surface area contributed by atoms with Crippen LogP contribution in [0.15, 0.2) is 48.8 Å². The van der Waals surface area contributed by atoms with Gasteiger partial charge in [-0.1, -0.05) is 6.07 Å². The van der Waals surface area contributed by atoms with Crippen molar-refractivity contribution in [1.82, 2.24) is 19.7 Å². The zero-order valence-electron chi connectivity index (χ0n) is 19.5. The summed E-state index contributed by atoms with van der Waals surface area (Å²) in [7, 11) is 0. The Morgan fingerprint density at radius 1 is 1.11 bits per heavy atom. The van der Waals surface area contributed by atoms with Gasteiger partial charge in [0.15, 0.2) is 11.6 Å². The Kier molecular flexibility index (Phi) is 4.50. The van der Waals surface area contributed by atoms with Gasteiger partial charge < -0.3 is 10.5 Å². The van der Waals surface area contributed by atoms with Gasteiger partial charge in [-0.05, 0) is 74.4 Å². The maximum atomic E-state index is 14.4. The molecule has 3 aromatic heterocycles. The van der Waals surface area contributed by atoms with Gasteiger partial charge in [0.1, 0.15) is 11.9 Å². The predicted octanol–water partition coefficient (Wildman–Crippen LogP) is 5.67. The van der Waals surface area contributed by atoms with Crippen molar-refractivity contribution < 1.29 is 9.13 Å². The number of nitrogen functional groups attached to an aromatic ring is 1. The molecule has 4 aromatic rings. The summed E-state index contributed by atoms with van der Waals surface area (Å²) in [5, 5.41) is 5.09. The Morgan fingerprint density at radius 2 is 2.00 bits per heavy atom. The highest BCUT2D eigenvalue weighted by atomic mass is 19.1. The number of halogens is 1. The van der Waals surface area contributed by atoms with Gasteiger partial charge in [-0.15, -0.1) is 0 Å². The first-order chi connectivity index (χ1) is 17.1. The summed E-state index contributed by atoms with van der Waals surface area (Å²) in [6.45, 7) is 2.82. The van der Waals surface area contributed by atoms with Crippen LogP contribution in [0.2, 0.25) is 0 Å². The third-order valence-electron chi connectivity index (χ3n) is 7.59. The third kappa shape index (κ3) is 3.32. The summed E-state index contributed by atoms with van der Waals surface area (Å²) in [5.41, 5.74) is 14.3. The molecule has 2 N–H and O–H groups in total. The van der Waals surface area contributed by atoms with Gasteiger partial charge in [0.2, 0.25) is 0 Å². The molecule has 35 heavy (non-hydrogen) atoms. The van der Waals surface area contributed by atoms with Crippen molar-refractivity contribution in [3.8, 4) is 28.3 Å². The number of pyridine rings is 2. The molecule has 0 amide bonds. The van der Waals surface area contributed by atoms with Crippen LogP contribution in [0.3, 0.4) is 0 Å². The number of nitrogens with two attached hydrogens (primary N) is 1. The number of aromatic nitrogens is 4. The molecule has 7 heteroatoms. The highest BCUT2D eigenvalue weighted by molar-refractivity contribution is 5.74. The van der Waals surface area contributed by atoms with Crippen molar-refractivity contribution in [3.63, 3.8) is 0 Å². The monoisotopic (exact) mass is 467 g/mol. The largest absolute Gasteiger partial charge is 0.482 e. The zero-order valence-corrected chi connectivity index (χ0v) is 19.5. The zero-order chi connectivity index (χ0) is 23.7. The van der Waals surface area contributed by atoms with Crippen LogP contribution in [0.4, 0.5) is 10.2 Å². The second-order valence-corrected chi connectivity index (χ2v) is 9.97. The van der Waals surface area contributed by atoms with E-state index in [9.17, 15) is 4.39 Å². The van der Waals surface area contributed by atoms with Crippen LogP contribution in [-0.4, -0.2) is 19.7 Å². The van der Waals surface area contributed by atoms with Crippen LogP contribution in [0.1, 0.15) is 60.6 Å². The quantitative estimate of drug-likeness (QED) is 0.411. The lowest BCUT2D eigenvalue weighted by atomic mass is 9.86. The van der Waals surface area contributed by atoms with Crippen molar-refractivity contribution in [3.05, 3.63) is 77.0 Å². The topological polar surface area (TPSA) is 78.9 Å². The Morgan fingerprint density at radius 3 is 2.86 bits per heavy atom. The fourth-order valence-electron chi connectivity index (χ4n) is 5.74. The summed E-state index contributed by atoms with van der Waals surface area (Å²) in [6.07, 6.45) is 7.55. The van der Waals surface area contributed by atoms with Gasteiger partial charge >= 0.3 is 0 Å². The molecule has 1 saturated carbocycles. The van der Waals surface area contributed by atoms with Crippen molar-refractivity contribution in [2.75, 3.05) is 5.73 Å². The smallest absolute Gasteiger partial charge is 0.166 e. The molecule has 0 radical (unpaired) electrons. The molecule has 1 aromatic carbocycles. The lowest BCUT2D eigenvalue weighted by Gasteiger charge is -2.24. The summed E-state index contributed by atoms with van der Waals surface area (Å²) in [4.78, 5) is 9.31. The number of hydrogen-bond donors (Lipinski definition) is 1. The Labute approximate surface area is 203 Å². The standard InChI is InChI=1S/C28H26FN5O/c1-15-22-12-18(29)6-7-21(22)26-20(3-2-10-31-26)19-8-9-23-25(19)27(34(33-23)14-16-4-5-16)17-11-24(35-15)28(30)32-13-17/h2-3,6-7,10-13,15-16,19H,4-5,8-9,14H2,1H3,(H2,30,32)/t15-,19?/m1/s1. The van der Waals surface area contributed by atoms with Crippen LogP contribution >= 0.6 is 0 Å².